The summed E-state index contributed by atoms with van der Waals surface area (Å²) in [5.74, 6) is 0.590. The summed E-state index contributed by atoms with van der Waals surface area (Å²) < 4.78 is 11.4. The summed E-state index contributed by atoms with van der Waals surface area (Å²) in [6.45, 7) is 4.96. The number of nitrogens with zero attached hydrogens (tertiary/aromatic N) is 1. The van der Waals surface area contributed by atoms with Gasteiger partial charge in [-0.25, -0.2) is 0 Å². The number of hydrogen-bond acceptors (Lipinski definition) is 4. The molecule has 1 aliphatic heterocycles. The van der Waals surface area contributed by atoms with Gasteiger partial charge in [0.1, 0.15) is 5.76 Å². The van der Waals surface area contributed by atoms with Crippen molar-refractivity contribution in [3.05, 3.63) is 27.7 Å². The quantitative estimate of drug-likeness (QED) is 0.623. The van der Waals surface area contributed by atoms with Gasteiger partial charge in [-0.05, 0) is 40.8 Å². The van der Waals surface area contributed by atoms with E-state index in [0.717, 1.165) is 36.6 Å². The molecule has 1 aliphatic rings. The molecule has 0 aromatic carbocycles. The Bertz CT molecular complexity index is 439. The molecule has 19 heavy (non-hydrogen) atoms. The van der Waals surface area contributed by atoms with Gasteiger partial charge in [-0.2, -0.15) is 0 Å². The molecule has 0 atom stereocenters. The van der Waals surface area contributed by atoms with E-state index in [1.165, 1.54) is 6.08 Å². The van der Waals surface area contributed by atoms with Gasteiger partial charge in [0.05, 0.1) is 13.2 Å². The second-order valence-corrected chi connectivity index (χ2v) is 5.28. The minimum Gasteiger partial charge on any atom is -0.451 e. The van der Waals surface area contributed by atoms with Crippen LogP contribution in [0.1, 0.15) is 5.76 Å². The monoisotopic (exact) mass is 376 g/mol. The van der Waals surface area contributed by atoms with Gasteiger partial charge in [0.25, 0.3) is 0 Å². The molecule has 1 N–H and O–H groups in total. The fraction of sp³-hybridized carbons (Fsp3) is 0.462. The zero-order valence-electron chi connectivity index (χ0n) is 10.6. The first kappa shape index (κ1) is 14.5. The van der Waals surface area contributed by atoms with Crippen molar-refractivity contribution >= 4 is 34.6 Å². The molecule has 0 aliphatic carbocycles. The number of furan rings is 1. The van der Waals surface area contributed by atoms with Crippen molar-refractivity contribution in [3.63, 3.8) is 0 Å². The predicted octanol–water partition coefficient (Wildman–Crippen LogP) is 1.35. The first-order valence-electron chi connectivity index (χ1n) is 6.25. The van der Waals surface area contributed by atoms with E-state index in [9.17, 15) is 4.79 Å². The van der Waals surface area contributed by atoms with Crippen molar-refractivity contribution in [2.75, 3.05) is 39.4 Å². The highest BCUT2D eigenvalue weighted by atomic mass is 127. The Labute approximate surface area is 126 Å². The minimum absolute atomic E-state index is 0.0975. The molecule has 2 rings (SSSR count). The molecule has 6 heteroatoms. The van der Waals surface area contributed by atoms with Gasteiger partial charge in [0.15, 0.2) is 3.77 Å². The fourth-order valence-corrected chi connectivity index (χ4v) is 2.23. The number of nitrogens with one attached hydrogen (secondary N) is 1. The Morgan fingerprint density at radius 2 is 2.21 bits per heavy atom. The number of ether oxygens (including phenoxy) is 1. The van der Waals surface area contributed by atoms with E-state index in [2.05, 4.69) is 32.8 Å². The molecular formula is C13H17IN2O3. The predicted molar refractivity (Wildman–Crippen MR) is 80.7 cm³/mol. The third-order valence-electron chi connectivity index (χ3n) is 2.82. The Kier molecular flexibility index (Phi) is 5.87. The van der Waals surface area contributed by atoms with Gasteiger partial charge in [-0.3, -0.25) is 9.69 Å². The third-order valence-corrected chi connectivity index (χ3v) is 3.40. The van der Waals surface area contributed by atoms with Crippen LogP contribution in [0.15, 0.2) is 22.6 Å². The smallest absolute Gasteiger partial charge is 0.244 e. The number of rotatable bonds is 5. The second-order valence-electron chi connectivity index (χ2n) is 4.22. The number of morpholine rings is 1. The second kappa shape index (κ2) is 7.66. The summed E-state index contributed by atoms with van der Waals surface area (Å²) in [7, 11) is 0. The highest BCUT2D eigenvalue weighted by Crippen LogP contribution is 2.11. The zero-order valence-corrected chi connectivity index (χ0v) is 12.8. The average molecular weight is 376 g/mol. The summed E-state index contributed by atoms with van der Waals surface area (Å²) in [4.78, 5) is 13.9. The van der Waals surface area contributed by atoms with E-state index in [-0.39, 0.29) is 5.91 Å². The van der Waals surface area contributed by atoms with E-state index in [1.807, 2.05) is 12.1 Å². The first-order chi connectivity index (χ1) is 9.24. The van der Waals surface area contributed by atoms with Crippen LogP contribution in [-0.4, -0.2) is 50.2 Å². The maximum atomic E-state index is 11.6. The lowest BCUT2D eigenvalue weighted by Crippen LogP contribution is -2.41. The first-order valence-corrected chi connectivity index (χ1v) is 7.33. The molecule has 2 heterocycles. The van der Waals surface area contributed by atoms with Gasteiger partial charge in [-0.1, -0.05) is 0 Å². The Morgan fingerprint density at radius 1 is 1.42 bits per heavy atom. The lowest BCUT2D eigenvalue weighted by molar-refractivity contribution is -0.116. The van der Waals surface area contributed by atoms with Crippen LogP contribution in [0.4, 0.5) is 0 Å². The third kappa shape index (κ3) is 5.33. The van der Waals surface area contributed by atoms with Crippen LogP contribution in [0.5, 0.6) is 0 Å². The topological polar surface area (TPSA) is 54.7 Å². The Balaban J connectivity index is 1.65. The molecule has 0 spiro atoms. The number of amides is 1. The minimum atomic E-state index is -0.0975. The summed E-state index contributed by atoms with van der Waals surface area (Å²) in [6, 6.07) is 3.69. The standard InChI is InChI=1S/C13H17IN2O3/c14-12-3-1-11(19-12)2-4-13(17)15-5-6-16-7-9-18-10-8-16/h1-4H,5-10H2,(H,15,17)/b4-2+. The molecule has 1 amide bonds. The lowest BCUT2D eigenvalue weighted by atomic mass is 10.3. The molecule has 0 unspecified atom stereocenters. The number of carbonyl (C=O) groups is 1. The van der Waals surface area contributed by atoms with Crippen LogP contribution in [0, 0.1) is 3.77 Å². The molecule has 0 radical (unpaired) electrons. The summed E-state index contributed by atoms with van der Waals surface area (Å²) in [5, 5.41) is 2.86. The van der Waals surface area contributed by atoms with E-state index < -0.39 is 0 Å². The van der Waals surface area contributed by atoms with Gasteiger partial charge in [0, 0.05) is 32.3 Å². The Hall–Kier alpha value is -0.860. The molecule has 1 aromatic heterocycles. The molecule has 1 fully saturated rings. The van der Waals surface area contributed by atoms with Crippen LogP contribution in [-0.2, 0) is 9.53 Å². The number of halogens is 1. The summed E-state index contributed by atoms with van der Waals surface area (Å²) >= 11 is 2.09. The molecular weight excluding hydrogens is 359 g/mol. The van der Waals surface area contributed by atoms with Crippen molar-refractivity contribution in [1.29, 1.82) is 0 Å². The average Bonchev–Trinajstić information content (AvgIpc) is 2.83. The van der Waals surface area contributed by atoms with E-state index in [0.29, 0.717) is 12.3 Å². The summed E-state index contributed by atoms with van der Waals surface area (Å²) in [5.41, 5.74) is 0. The molecule has 5 nitrogen and oxygen atoms in total. The maximum absolute atomic E-state index is 11.6. The molecule has 104 valence electrons. The molecule has 0 bridgehead atoms. The number of carbonyl (C=O) groups excluding carboxylic acids is 1. The van der Waals surface area contributed by atoms with Gasteiger partial charge >= 0.3 is 0 Å². The van der Waals surface area contributed by atoms with Crippen LogP contribution < -0.4 is 5.32 Å². The maximum Gasteiger partial charge on any atom is 0.244 e. The highest BCUT2D eigenvalue weighted by molar-refractivity contribution is 14.1. The highest BCUT2D eigenvalue weighted by Gasteiger charge is 2.09. The fourth-order valence-electron chi connectivity index (χ4n) is 1.80. The Morgan fingerprint density at radius 3 is 2.89 bits per heavy atom. The summed E-state index contributed by atoms with van der Waals surface area (Å²) in [6.07, 6.45) is 3.17. The molecule has 1 aromatic rings. The largest absolute Gasteiger partial charge is 0.451 e. The zero-order chi connectivity index (χ0) is 13.5. The van der Waals surface area contributed by atoms with E-state index >= 15 is 0 Å². The SMILES string of the molecule is O=C(/C=C/c1ccc(I)o1)NCCN1CCOCC1. The molecule has 0 saturated carbocycles. The van der Waals surface area contributed by atoms with Crippen LogP contribution in [0.2, 0.25) is 0 Å². The van der Waals surface area contributed by atoms with Crippen molar-refractivity contribution in [2.45, 2.75) is 0 Å². The lowest BCUT2D eigenvalue weighted by Gasteiger charge is -2.26. The van der Waals surface area contributed by atoms with Crippen LogP contribution >= 0.6 is 22.6 Å². The van der Waals surface area contributed by atoms with Crippen LogP contribution in [0.3, 0.4) is 0 Å². The van der Waals surface area contributed by atoms with Crippen molar-refractivity contribution in [3.8, 4) is 0 Å². The van der Waals surface area contributed by atoms with Crippen LogP contribution in [0.25, 0.3) is 6.08 Å². The van der Waals surface area contributed by atoms with Gasteiger partial charge < -0.3 is 14.5 Å². The normalized spacial score (nSPS) is 16.9. The van der Waals surface area contributed by atoms with Gasteiger partial charge in [0.2, 0.25) is 5.91 Å². The van der Waals surface area contributed by atoms with E-state index in [4.69, 9.17) is 9.15 Å². The van der Waals surface area contributed by atoms with Crippen molar-refractivity contribution in [2.24, 2.45) is 0 Å². The molecule has 1 saturated heterocycles. The van der Waals surface area contributed by atoms with Gasteiger partial charge in [-0.15, -0.1) is 0 Å². The van der Waals surface area contributed by atoms with Crippen molar-refractivity contribution < 1.29 is 13.9 Å². The van der Waals surface area contributed by atoms with E-state index in [1.54, 1.807) is 6.08 Å². The van der Waals surface area contributed by atoms with Crippen molar-refractivity contribution in [1.82, 2.24) is 10.2 Å². The number of hydrogen-bond donors (Lipinski definition) is 1.